The number of pyridine rings is 1. The molecule has 0 saturated carbocycles. The first kappa shape index (κ1) is 12.8. The SMILES string of the molecule is Cc1ccncc1N1CCc2sc3ccc(F)cc3c2C1. The van der Waals surface area contributed by atoms with Crippen LogP contribution in [0, 0.1) is 12.7 Å². The fourth-order valence-electron chi connectivity index (χ4n) is 3.05. The monoisotopic (exact) mass is 298 g/mol. The first-order valence-electron chi connectivity index (χ1n) is 7.08. The highest BCUT2D eigenvalue weighted by Gasteiger charge is 2.22. The number of fused-ring (bicyclic) bond motifs is 3. The van der Waals surface area contributed by atoms with Crippen LogP contribution in [0.4, 0.5) is 10.1 Å². The molecule has 106 valence electrons. The van der Waals surface area contributed by atoms with Crippen molar-refractivity contribution in [1.29, 1.82) is 0 Å². The van der Waals surface area contributed by atoms with E-state index in [9.17, 15) is 4.39 Å². The summed E-state index contributed by atoms with van der Waals surface area (Å²) in [6.07, 6.45) is 4.77. The van der Waals surface area contributed by atoms with Gasteiger partial charge in [-0.1, -0.05) is 0 Å². The molecule has 3 heterocycles. The van der Waals surface area contributed by atoms with Gasteiger partial charge in [-0.15, -0.1) is 11.3 Å². The Kier molecular flexibility index (Phi) is 2.93. The lowest BCUT2D eigenvalue weighted by Crippen LogP contribution is -2.30. The number of nitrogens with zero attached hydrogens (tertiary/aromatic N) is 2. The fourth-order valence-corrected chi connectivity index (χ4v) is 4.23. The van der Waals surface area contributed by atoms with Crippen molar-refractivity contribution in [3.8, 4) is 0 Å². The van der Waals surface area contributed by atoms with Crippen molar-refractivity contribution in [2.24, 2.45) is 0 Å². The summed E-state index contributed by atoms with van der Waals surface area (Å²) in [6.45, 7) is 3.94. The number of benzene rings is 1. The van der Waals surface area contributed by atoms with E-state index in [2.05, 4.69) is 16.8 Å². The average molecular weight is 298 g/mol. The van der Waals surface area contributed by atoms with Crippen molar-refractivity contribution < 1.29 is 4.39 Å². The van der Waals surface area contributed by atoms with Crippen molar-refractivity contribution in [1.82, 2.24) is 4.98 Å². The van der Waals surface area contributed by atoms with Gasteiger partial charge in [-0.2, -0.15) is 0 Å². The standard InChI is InChI=1S/C17H15FN2S/c1-11-4-6-19-9-15(11)20-7-5-17-14(10-20)13-8-12(18)2-3-16(13)21-17/h2-4,6,8-9H,5,7,10H2,1H3. The van der Waals surface area contributed by atoms with Crippen LogP contribution in [-0.2, 0) is 13.0 Å². The number of aromatic nitrogens is 1. The smallest absolute Gasteiger partial charge is 0.123 e. The summed E-state index contributed by atoms with van der Waals surface area (Å²) in [5.74, 6) is -0.155. The van der Waals surface area contributed by atoms with E-state index < -0.39 is 0 Å². The molecule has 2 nitrogen and oxygen atoms in total. The normalized spacial score (nSPS) is 14.5. The first-order valence-corrected chi connectivity index (χ1v) is 7.89. The molecule has 0 bridgehead atoms. The Bertz CT molecular complexity index is 825. The lowest BCUT2D eigenvalue weighted by Gasteiger charge is -2.30. The summed E-state index contributed by atoms with van der Waals surface area (Å²) < 4.78 is 14.7. The van der Waals surface area contributed by atoms with E-state index in [0.29, 0.717) is 0 Å². The quantitative estimate of drug-likeness (QED) is 0.665. The number of aryl methyl sites for hydroxylation is 1. The number of thiophene rings is 1. The van der Waals surface area contributed by atoms with Gasteiger partial charge in [0.2, 0.25) is 0 Å². The number of hydrogen-bond acceptors (Lipinski definition) is 3. The molecule has 0 atom stereocenters. The zero-order valence-electron chi connectivity index (χ0n) is 11.8. The lowest BCUT2D eigenvalue weighted by molar-refractivity contribution is 0.629. The van der Waals surface area contributed by atoms with E-state index >= 15 is 0 Å². The van der Waals surface area contributed by atoms with Crippen LogP contribution < -0.4 is 4.90 Å². The lowest BCUT2D eigenvalue weighted by atomic mass is 10.0. The molecule has 2 aromatic heterocycles. The maximum absolute atomic E-state index is 13.5. The van der Waals surface area contributed by atoms with E-state index in [-0.39, 0.29) is 5.82 Å². The van der Waals surface area contributed by atoms with Crippen molar-refractivity contribution >= 4 is 27.1 Å². The van der Waals surface area contributed by atoms with E-state index in [4.69, 9.17) is 0 Å². The summed E-state index contributed by atoms with van der Waals surface area (Å²) in [5, 5.41) is 1.07. The Balaban J connectivity index is 1.79. The van der Waals surface area contributed by atoms with Crippen molar-refractivity contribution in [2.75, 3.05) is 11.4 Å². The van der Waals surface area contributed by atoms with Crippen LogP contribution in [0.5, 0.6) is 0 Å². The molecule has 0 aliphatic carbocycles. The number of halogens is 1. The predicted octanol–water partition coefficient (Wildman–Crippen LogP) is 4.31. The number of hydrogen-bond donors (Lipinski definition) is 0. The topological polar surface area (TPSA) is 16.1 Å². The van der Waals surface area contributed by atoms with Crippen LogP contribution in [-0.4, -0.2) is 11.5 Å². The van der Waals surface area contributed by atoms with Crippen LogP contribution in [0.3, 0.4) is 0 Å². The highest BCUT2D eigenvalue weighted by Crippen LogP contribution is 2.37. The molecule has 1 aromatic carbocycles. The van der Waals surface area contributed by atoms with E-state index in [1.165, 1.54) is 26.4 Å². The molecule has 1 aliphatic heterocycles. The van der Waals surface area contributed by atoms with Crippen LogP contribution in [0.15, 0.2) is 36.7 Å². The predicted molar refractivity (Wildman–Crippen MR) is 85.5 cm³/mol. The van der Waals surface area contributed by atoms with Gasteiger partial charge in [-0.05, 0) is 48.7 Å². The highest BCUT2D eigenvalue weighted by atomic mass is 32.1. The molecule has 0 N–H and O–H groups in total. The highest BCUT2D eigenvalue weighted by molar-refractivity contribution is 7.19. The van der Waals surface area contributed by atoms with Gasteiger partial charge < -0.3 is 4.90 Å². The van der Waals surface area contributed by atoms with Gasteiger partial charge in [0, 0.05) is 34.2 Å². The molecule has 0 spiro atoms. The summed E-state index contributed by atoms with van der Waals surface area (Å²) in [5.41, 5.74) is 3.70. The Morgan fingerprint density at radius 2 is 2.19 bits per heavy atom. The number of anilines is 1. The van der Waals surface area contributed by atoms with Crippen molar-refractivity contribution in [2.45, 2.75) is 19.9 Å². The molecular formula is C17H15FN2S. The maximum atomic E-state index is 13.5. The largest absolute Gasteiger partial charge is 0.365 e. The summed E-state index contributed by atoms with van der Waals surface area (Å²) >= 11 is 1.80. The third-order valence-corrected chi connectivity index (χ3v) is 5.42. The van der Waals surface area contributed by atoms with Crippen molar-refractivity contribution in [3.05, 3.63) is 58.5 Å². The summed E-state index contributed by atoms with van der Waals surface area (Å²) in [6, 6.07) is 7.15. The summed E-state index contributed by atoms with van der Waals surface area (Å²) in [4.78, 5) is 7.99. The Morgan fingerprint density at radius 3 is 3.05 bits per heavy atom. The second kappa shape index (κ2) is 4.81. The van der Waals surface area contributed by atoms with E-state index in [1.54, 1.807) is 23.5 Å². The Labute approximate surface area is 126 Å². The molecule has 0 fully saturated rings. The van der Waals surface area contributed by atoms with Crippen LogP contribution >= 0.6 is 11.3 Å². The molecular weight excluding hydrogens is 283 g/mol. The van der Waals surface area contributed by atoms with Crippen LogP contribution in [0.1, 0.15) is 16.0 Å². The van der Waals surface area contributed by atoms with Gasteiger partial charge >= 0.3 is 0 Å². The van der Waals surface area contributed by atoms with Gasteiger partial charge in [0.1, 0.15) is 5.82 Å². The molecule has 0 saturated heterocycles. The zero-order chi connectivity index (χ0) is 14.4. The molecule has 21 heavy (non-hydrogen) atoms. The minimum absolute atomic E-state index is 0.155. The second-order valence-corrected chi connectivity index (χ2v) is 6.61. The van der Waals surface area contributed by atoms with E-state index in [1.807, 2.05) is 24.5 Å². The average Bonchev–Trinajstić information content (AvgIpc) is 2.85. The van der Waals surface area contributed by atoms with Gasteiger partial charge in [0.25, 0.3) is 0 Å². The molecule has 3 aromatic rings. The molecule has 4 rings (SSSR count). The fraction of sp³-hybridized carbons (Fsp3) is 0.235. The van der Waals surface area contributed by atoms with Crippen LogP contribution in [0.25, 0.3) is 10.1 Å². The van der Waals surface area contributed by atoms with Gasteiger partial charge in [0.05, 0.1) is 11.9 Å². The van der Waals surface area contributed by atoms with Crippen LogP contribution in [0.2, 0.25) is 0 Å². The third-order valence-electron chi connectivity index (χ3n) is 4.15. The van der Waals surface area contributed by atoms with E-state index in [0.717, 1.165) is 24.9 Å². The Morgan fingerprint density at radius 1 is 1.29 bits per heavy atom. The zero-order valence-corrected chi connectivity index (χ0v) is 12.6. The molecule has 0 radical (unpaired) electrons. The molecule has 1 aliphatic rings. The molecule has 0 amide bonds. The first-order chi connectivity index (χ1) is 10.2. The van der Waals surface area contributed by atoms with Gasteiger partial charge in [-0.3, -0.25) is 4.98 Å². The minimum Gasteiger partial charge on any atom is -0.365 e. The molecule has 4 heteroatoms. The molecule has 0 unspecified atom stereocenters. The minimum atomic E-state index is -0.155. The Hall–Kier alpha value is -1.94. The van der Waals surface area contributed by atoms with Crippen molar-refractivity contribution in [3.63, 3.8) is 0 Å². The number of rotatable bonds is 1. The second-order valence-electron chi connectivity index (χ2n) is 5.48. The van der Waals surface area contributed by atoms with Gasteiger partial charge in [0.15, 0.2) is 0 Å². The third kappa shape index (κ3) is 2.10. The maximum Gasteiger partial charge on any atom is 0.123 e. The van der Waals surface area contributed by atoms with Gasteiger partial charge in [-0.25, -0.2) is 4.39 Å². The summed E-state index contributed by atoms with van der Waals surface area (Å²) in [7, 11) is 0.